The van der Waals surface area contributed by atoms with Gasteiger partial charge in [0.2, 0.25) is 5.91 Å². The number of amides is 1. The number of aromatic nitrogens is 1. The minimum Gasteiger partial charge on any atom is -0.440 e. The standard InChI is InChI=1S/C19H22N2O2/c1-13(14-8-9-14)11-18(22)21-10-4-5-15(12-21)19-20-16-6-2-3-7-17(16)23-19/h2-3,6-7,11,14-15H,4-5,8-10,12H2,1H3/b13-11-/t15-/m0/s1. The Kier molecular flexibility index (Phi) is 3.68. The highest BCUT2D eigenvalue weighted by molar-refractivity contribution is 5.88. The van der Waals surface area contributed by atoms with Gasteiger partial charge >= 0.3 is 0 Å². The molecular formula is C19H22N2O2. The zero-order valence-corrected chi connectivity index (χ0v) is 13.5. The van der Waals surface area contributed by atoms with Gasteiger partial charge in [-0.25, -0.2) is 4.98 Å². The summed E-state index contributed by atoms with van der Waals surface area (Å²) in [5.74, 6) is 1.77. The molecule has 0 N–H and O–H groups in total. The van der Waals surface area contributed by atoms with E-state index in [4.69, 9.17) is 4.42 Å². The maximum atomic E-state index is 12.5. The first-order valence-corrected chi connectivity index (χ1v) is 8.53. The molecule has 2 heterocycles. The average molecular weight is 310 g/mol. The second kappa shape index (κ2) is 5.84. The van der Waals surface area contributed by atoms with Crippen molar-refractivity contribution in [3.8, 4) is 0 Å². The Bertz CT molecular complexity index is 725. The van der Waals surface area contributed by atoms with Crippen LogP contribution < -0.4 is 0 Å². The summed E-state index contributed by atoms with van der Waals surface area (Å²) in [5, 5.41) is 0. The molecule has 23 heavy (non-hydrogen) atoms. The van der Waals surface area contributed by atoms with E-state index >= 15 is 0 Å². The molecule has 1 amide bonds. The van der Waals surface area contributed by atoms with Crippen molar-refractivity contribution in [2.75, 3.05) is 13.1 Å². The van der Waals surface area contributed by atoms with Gasteiger partial charge in [0.25, 0.3) is 0 Å². The molecule has 1 aliphatic heterocycles. The van der Waals surface area contributed by atoms with Crippen LogP contribution >= 0.6 is 0 Å². The van der Waals surface area contributed by atoms with Gasteiger partial charge in [0.1, 0.15) is 5.52 Å². The maximum Gasteiger partial charge on any atom is 0.246 e. The number of likely N-dealkylation sites (tertiary alicyclic amines) is 1. The van der Waals surface area contributed by atoms with E-state index < -0.39 is 0 Å². The van der Waals surface area contributed by atoms with Crippen LogP contribution in [0.15, 0.2) is 40.3 Å². The van der Waals surface area contributed by atoms with Crippen LogP contribution in [0.25, 0.3) is 11.1 Å². The van der Waals surface area contributed by atoms with Gasteiger partial charge < -0.3 is 9.32 Å². The van der Waals surface area contributed by atoms with Crippen LogP contribution in [-0.4, -0.2) is 28.9 Å². The van der Waals surface area contributed by atoms with Crippen LogP contribution in [0.3, 0.4) is 0 Å². The SMILES string of the molecule is C/C(=C/C(=O)N1CCC[C@H](c2nc3ccccc3o2)C1)C1CC1. The summed E-state index contributed by atoms with van der Waals surface area (Å²) in [5.41, 5.74) is 2.96. The number of rotatable bonds is 3. The van der Waals surface area contributed by atoms with Gasteiger partial charge in [0.05, 0.1) is 5.92 Å². The predicted molar refractivity (Wildman–Crippen MR) is 89.0 cm³/mol. The maximum absolute atomic E-state index is 12.5. The fourth-order valence-corrected chi connectivity index (χ4v) is 3.39. The van der Waals surface area contributed by atoms with E-state index in [1.54, 1.807) is 0 Å². The lowest BCUT2D eigenvalue weighted by Gasteiger charge is -2.30. The highest BCUT2D eigenvalue weighted by Gasteiger charge is 2.29. The van der Waals surface area contributed by atoms with Crippen molar-refractivity contribution in [3.05, 3.63) is 41.8 Å². The number of carbonyl (C=O) groups is 1. The highest BCUT2D eigenvalue weighted by atomic mass is 16.3. The molecule has 1 aliphatic carbocycles. The van der Waals surface area contributed by atoms with E-state index in [9.17, 15) is 4.79 Å². The molecule has 0 unspecified atom stereocenters. The number of oxazole rings is 1. The second-order valence-electron chi connectivity index (χ2n) is 6.81. The number of hydrogen-bond acceptors (Lipinski definition) is 3. The number of carbonyl (C=O) groups excluding carboxylic acids is 1. The van der Waals surface area contributed by atoms with Crippen molar-refractivity contribution in [2.45, 2.75) is 38.5 Å². The summed E-state index contributed by atoms with van der Waals surface area (Å²) in [6.07, 6.45) is 6.35. The Morgan fingerprint density at radius 2 is 2.13 bits per heavy atom. The number of para-hydroxylation sites is 2. The Hall–Kier alpha value is -2.10. The number of nitrogens with zero attached hydrogens (tertiary/aromatic N) is 2. The summed E-state index contributed by atoms with van der Waals surface area (Å²) < 4.78 is 5.90. The van der Waals surface area contributed by atoms with Crippen LogP contribution in [-0.2, 0) is 4.79 Å². The molecule has 4 rings (SSSR count). The number of fused-ring (bicyclic) bond motifs is 1. The summed E-state index contributed by atoms with van der Waals surface area (Å²) in [6.45, 7) is 3.63. The molecule has 4 nitrogen and oxygen atoms in total. The second-order valence-corrected chi connectivity index (χ2v) is 6.81. The molecule has 1 aromatic heterocycles. The van der Waals surface area contributed by atoms with E-state index in [2.05, 4.69) is 11.9 Å². The molecule has 1 atom stereocenters. The summed E-state index contributed by atoms with van der Waals surface area (Å²) >= 11 is 0. The number of piperidine rings is 1. The molecule has 2 fully saturated rings. The first-order valence-electron chi connectivity index (χ1n) is 8.53. The van der Waals surface area contributed by atoms with Crippen LogP contribution in [0.5, 0.6) is 0 Å². The minimum absolute atomic E-state index is 0.148. The number of benzene rings is 1. The lowest BCUT2D eigenvalue weighted by Crippen LogP contribution is -2.38. The zero-order valence-electron chi connectivity index (χ0n) is 13.5. The van der Waals surface area contributed by atoms with Gasteiger partial charge in [-0.3, -0.25) is 4.79 Å². The Balaban J connectivity index is 1.50. The van der Waals surface area contributed by atoms with E-state index in [0.717, 1.165) is 36.4 Å². The smallest absolute Gasteiger partial charge is 0.246 e. The van der Waals surface area contributed by atoms with Crippen LogP contribution in [0, 0.1) is 5.92 Å². The van der Waals surface area contributed by atoms with Gasteiger partial charge in [0, 0.05) is 19.2 Å². The van der Waals surface area contributed by atoms with Crippen molar-refractivity contribution >= 4 is 17.0 Å². The molecular weight excluding hydrogens is 288 g/mol. The van der Waals surface area contributed by atoms with Crippen molar-refractivity contribution in [1.29, 1.82) is 0 Å². The van der Waals surface area contributed by atoms with Crippen molar-refractivity contribution in [1.82, 2.24) is 9.88 Å². The first kappa shape index (κ1) is 14.5. The molecule has 120 valence electrons. The van der Waals surface area contributed by atoms with Gasteiger partial charge in [-0.1, -0.05) is 17.7 Å². The number of hydrogen-bond donors (Lipinski definition) is 0. The minimum atomic E-state index is 0.148. The third-order valence-electron chi connectivity index (χ3n) is 4.97. The van der Waals surface area contributed by atoms with Gasteiger partial charge in [-0.05, 0) is 50.7 Å². The molecule has 0 spiro atoms. The fraction of sp³-hybridized carbons (Fsp3) is 0.474. The lowest BCUT2D eigenvalue weighted by molar-refractivity contribution is -0.127. The van der Waals surface area contributed by atoms with E-state index in [0.29, 0.717) is 12.5 Å². The van der Waals surface area contributed by atoms with Crippen LogP contribution in [0.2, 0.25) is 0 Å². The van der Waals surface area contributed by atoms with Crippen molar-refractivity contribution < 1.29 is 9.21 Å². The molecule has 0 bridgehead atoms. The summed E-state index contributed by atoms with van der Waals surface area (Å²) in [6, 6.07) is 7.84. The molecule has 4 heteroatoms. The Morgan fingerprint density at radius 3 is 2.91 bits per heavy atom. The lowest BCUT2D eigenvalue weighted by atomic mass is 9.97. The largest absolute Gasteiger partial charge is 0.440 e. The third-order valence-corrected chi connectivity index (χ3v) is 4.97. The van der Waals surface area contributed by atoms with E-state index in [1.807, 2.05) is 35.2 Å². The van der Waals surface area contributed by atoms with Crippen molar-refractivity contribution in [3.63, 3.8) is 0 Å². The van der Waals surface area contributed by atoms with Gasteiger partial charge in [-0.2, -0.15) is 0 Å². The van der Waals surface area contributed by atoms with E-state index in [-0.39, 0.29) is 11.8 Å². The Labute approximate surface area is 136 Å². The molecule has 1 aromatic carbocycles. The monoisotopic (exact) mass is 310 g/mol. The quantitative estimate of drug-likeness (QED) is 0.808. The van der Waals surface area contributed by atoms with Gasteiger partial charge in [-0.15, -0.1) is 0 Å². The Morgan fingerprint density at radius 1 is 1.30 bits per heavy atom. The zero-order chi connectivity index (χ0) is 15.8. The predicted octanol–water partition coefficient (Wildman–Crippen LogP) is 3.89. The number of allylic oxidation sites excluding steroid dienone is 1. The summed E-state index contributed by atoms with van der Waals surface area (Å²) in [7, 11) is 0. The first-order chi connectivity index (χ1) is 11.2. The molecule has 2 aromatic rings. The highest BCUT2D eigenvalue weighted by Crippen LogP contribution is 2.36. The average Bonchev–Trinajstić information content (AvgIpc) is 3.33. The van der Waals surface area contributed by atoms with Crippen LogP contribution in [0.4, 0.5) is 0 Å². The molecule has 1 saturated heterocycles. The third kappa shape index (κ3) is 3.03. The molecule has 0 radical (unpaired) electrons. The van der Waals surface area contributed by atoms with Gasteiger partial charge in [0.15, 0.2) is 11.5 Å². The van der Waals surface area contributed by atoms with Crippen LogP contribution in [0.1, 0.15) is 44.4 Å². The molecule has 1 saturated carbocycles. The normalized spacial score (nSPS) is 22.6. The van der Waals surface area contributed by atoms with Crippen molar-refractivity contribution in [2.24, 2.45) is 5.92 Å². The summed E-state index contributed by atoms with van der Waals surface area (Å²) in [4.78, 5) is 19.1. The fourth-order valence-electron chi connectivity index (χ4n) is 3.39. The topological polar surface area (TPSA) is 46.3 Å². The van der Waals surface area contributed by atoms with E-state index in [1.165, 1.54) is 18.4 Å². The molecule has 2 aliphatic rings.